The van der Waals surface area contributed by atoms with Gasteiger partial charge in [-0.15, -0.1) is 0 Å². The molecule has 302 valence electrons. The molecule has 3 heteroatoms. The van der Waals surface area contributed by atoms with Gasteiger partial charge in [-0.25, -0.2) is 0 Å². The Bertz CT molecular complexity index is 2640. The number of furan rings is 1. The molecule has 0 saturated carbocycles. The number of pyridine rings is 1. The highest BCUT2D eigenvalue weighted by molar-refractivity contribution is 6.96. The summed E-state index contributed by atoms with van der Waals surface area (Å²) >= 11 is 0. The molecule has 0 atom stereocenters. The summed E-state index contributed by atoms with van der Waals surface area (Å²) in [5.74, 6) is 1.19. The molecular weight excluding hydrogens is 725 g/mol. The second-order valence-corrected chi connectivity index (χ2v) is 19.1. The van der Waals surface area contributed by atoms with Crippen molar-refractivity contribution in [2.75, 3.05) is 0 Å². The van der Waals surface area contributed by atoms with Crippen molar-refractivity contribution in [1.82, 2.24) is 4.98 Å². The summed E-state index contributed by atoms with van der Waals surface area (Å²) in [6.45, 7) is 25.7. The fourth-order valence-corrected chi connectivity index (χ4v) is 9.29. The third-order valence-corrected chi connectivity index (χ3v) is 12.5. The van der Waals surface area contributed by atoms with E-state index in [1.54, 1.807) is 0 Å². The van der Waals surface area contributed by atoms with E-state index in [0.29, 0.717) is 23.7 Å². The summed E-state index contributed by atoms with van der Waals surface area (Å²) in [6.07, 6.45) is 1.93. The molecule has 6 aromatic carbocycles. The van der Waals surface area contributed by atoms with Crippen LogP contribution in [0.25, 0.3) is 55.4 Å². The van der Waals surface area contributed by atoms with Crippen molar-refractivity contribution in [2.24, 2.45) is 0 Å². The Morgan fingerprint density at radius 3 is 1.45 bits per heavy atom. The summed E-state index contributed by atoms with van der Waals surface area (Å²) in [5.41, 5.74) is 19.8. The van der Waals surface area contributed by atoms with E-state index >= 15 is 0 Å². The third kappa shape index (κ3) is 7.76. The number of aromatic nitrogens is 1. The maximum Gasteiger partial charge on any atom is 0.242 e. The Kier molecular flexibility index (Phi) is 11.2. The van der Waals surface area contributed by atoms with E-state index in [0.717, 1.165) is 33.2 Å². The zero-order chi connectivity index (χ0) is 42.5. The number of hydrogen-bond acceptors (Lipinski definition) is 2. The van der Waals surface area contributed by atoms with Crippen LogP contribution in [-0.4, -0.2) is 11.7 Å². The Morgan fingerprint density at radius 1 is 0.483 bits per heavy atom. The molecule has 60 heavy (non-hydrogen) atoms. The molecule has 0 N–H and O–H groups in total. The van der Waals surface area contributed by atoms with Crippen LogP contribution in [0.2, 0.25) is 0 Å². The molecule has 2 heterocycles. The number of benzene rings is 6. The van der Waals surface area contributed by atoms with Crippen molar-refractivity contribution in [3.63, 3.8) is 0 Å². The first-order chi connectivity index (χ1) is 28.7. The van der Waals surface area contributed by atoms with Crippen LogP contribution in [0, 0.1) is 0 Å². The van der Waals surface area contributed by atoms with E-state index in [-0.39, 0.29) is 12.1 Å². The quantitative estimate of drug-likeness (QED) is 0.129. The highest BCUT2D eigenvalue weighted by atomic mass is 16.3. The molecule has 0 aliphatic heterocycles. The molecule has 8 rings (SSSR count). The van der Waals surface area contributed by atoms with E-state index in [1.807, 2.05) is 6.20 Å². The first kappa shape index (κ1) is 41.1. The van der Waals surface area contributed by atoms with E-state index < -0.39 is 0 Å². The maximum absolute atomic E-state index is 7.05. The van der Waals surface area contributed by atoms with Gasteiger partial charge in [-0.1, -0.05) is 202 Å². The molecule has 0 unspecified atom stereocenters. The number of hydrogen-bond donors (Lipinski definition) is 0. The lowest BCUT2D eigenvalue weighted by molar-refractivity contribution is 0.589. The van der Waals surface area contributed by atoms with Crippen LogP contribution in [0.4, 0.5) is 0 Å². The van der Waals surface area contributed by atoms with Crippen molar-refractivity contribution in [2.45, 2.75) is 105 Å². The van der Waals surface area contributed by atoms with Gasteiger partial charge in [0.2, 0.25) is 6.71 Å². The molecule has 2 aromatic heterocycles. The van der Waals surface area contributed by atoms with Gasteiger partial charge in [0.1, 0.15) is 11.2 Å². The highest BCUT2D eigenvalue weighted by Crippen LogP contribution is 2.37. The Balaban J connectivity index is 1.45. The zero-order valence-electron chi connectivity index (χ0n) is 37.5. The third-order valence-electron chi connectivity index (χ3n) is 12.5. The summed E-state index contributed by atoms with van der Waals surface area (Å²) < 4.78 is 7.05. The number of fused-ring (bicyclic) bond motifs is 3. The first-order valence-corrected chi connectivity index (χ1v) is 22.1. The van der Waals surface area contributed by atoms with Crippen molar-refractivity contribution in [3.05, 3.63) is 167 Å². The monoisotopic (exact) mass is 785 g/mol. The fourth-order valence-electron chi connectivity index (χ4n) is 9.29. The average molecular weight is 786 g/mol. The van der Waals surface area contributed by atoms with Crippen LogP contribution in [0.3, 0.4) is 0 Å². The maximum atomic E-state index is 7.05. The van der Waals surface area contributed by atoms with Gasteiger partial charge in [0.05, 0.1) is 5.69 Å². The van der Waals surface area contributed by atoms with Gasteiger partial charge in [-0.05, 0) is 103 Å². The van der Waals surface area contributed by atoms with Gasteiger partial charge in [-0.3, -0.25) is 4.98 Å². The Hall–Kier alpha value is -5.67. The number of rotatable bonds is 10. The lowest BCUT2D eigenvalue weighted by Crippen LogP contribution is -2.57. The summed E-state index contributed by atoms with van der Waals surface area (Å²) in [6, 6.07) is 49.7. The van der Waals surface area contributed by atoms with Crippen LogP contribution >= 0.6 is 0 Å². The smallest absolute Gasteiger partial charge is 0.242 e. The van der Waals surface area contributed by atoms with Crippen LogP contribution in [0.5, 0.6) is 0 Å². The van der Waals surface area contributed by atoms with Gasteiger partial charge in [0.25, 0.3) is 0 Å². The van der Waals surface area contributed by atoms with Crippen LogP contribution in [0.15, 0.2) is 144 Å². The van der Waals surface area contributed by atoms with E-state index in [2.05, 4.69) is 210 Å². The molecule has 0 aliphatic rings. The van der Waals surface area contributed by atoms with E-state index in [1.165, 1.54) is 66.5 Å². The molecule has 0 fully saturated rings. The van der Waals surface area contributed by atoms with Crippen LogP contribution in [-0.2, 0) is 5.41 Å². The molecule has 0 saturated heterocycles. The summed E-state index contributed by atoms with van der Waals surface area (Å²) in [7, 11) is 0. The topological polar surface area (TPSA) is 26.0 Å². The minimum Gasteiger partial charge on any atom is -0.455 e. The van der Waals surface area contributed by atoms with E-state index in [9.17, 15) is 0 Å². The molecule has 2 nitrogen and oxygen atoms in total. The minimum atomic E-state index is -0.0357. The molecule has 0 bridgehead atoms. The van der Waals surface area contributed by atoms with Crippen molar-refractivity contribution >= 4 is 45.0 Å². The normalized spacial score (nSPS) is 12.2. The number of para-hydroxylation sites is 1. The molecule has 8 aromatic rings. The predicted octanol–water partition coefficient (Wildman–Crippen LogP) is 14.3. The van der Waals surface area contributed by atoms with Gasteiger partial charge in [0, 0.05) is 22.5 Å². The zero-order valence-corrected chi connectivity index (χ0v) is 37.5. The van der Waals surface area contributed by atoms with Crippen molar-refractivity contribution < 1.29 is 4.42 Å². The second kappa shape index (κ2) is 16.4. The van der Waals surface area contributed by atoms with E-state index in [4.69, 9.17) is 9.40 Å². The van der Waals surface area contributed by atoms with Gasteiger partial charge < -0.3 is 4.42 Å². The Labute approximate surface area is 359 Å². The summed E-state index contributed by atoms with van der Waals surface area (Å²) in [4.78, 5) is 4.87. The Morgan fingerprint density at radius 2 is 0.983 bits per heavy atom. The second-order valence-electron chi connectivity index (χ2n) is 19.1. The summed E-state index contributed by atoms with van der Waals surface area (Å²) in [5, 5.41) is 2.24. The molecule has 0 radical (unpaired) electrons. The van der Waals surface area contributed by atoms with Gasteiger partial charge in [-0.2, -0.15) is 0 Å². The lowest BCUT2D eigenvalue weighted by atomic mass is 9.33. The molecule has 0 aliphatic carbocycles. The largest absolute Gasteiger partial charge is 0.455 e. The highest BCUT2D eigenvalue weighted by Gasteiger charge is 2.35. The van der Waals surface area contributed by atoms with Gasteiger partial charge >= 0.3 is 0 Å². The molecular formula is C57H60BNO. The lowest BCUT2D eigenvalue weighted by Gasteiger charge is -2.32. The van der Waals surface area contributed by atoms with Crippen molar-refractivity contribution in [1.29, 1.82) is 0 Å². The molecule has 0 spiro atoms. The average Bonchev–Trinajstić information content (AvgIpc) is 3.62. The SMILES string of the molecule is CC(C)c1cc(-c2ccccc2)cc(C(C)C)c1B(c1ccc2c(c1)oc1c(-c3cc(C(C)(C)C)ccn3)cccc12)c1c(C(C)C)cc(-c2ccccc2)cc1C(C)C. The van der Waals surface area contributed by atoms with Gasteiger partial charge in [0.15, 0.2) is 0 Å². The van der Waals surface area contributed by atoms with Crippen LogP contribution in [0.1, 0.15) is 128 Å². The van der Waals surface area contributed by atoms with Crippen molar-refractivity contribution in [3.8, 4) is 33.5 Å². The van der Waals surface area contributed by atoms with Crippen LogP contribution < -0.4 is 16.4 Å². The minimum absolute atomic E-state index is 0.00926. The standard InChI is InChI=1S/C57H60BNO/c1-35(2)48-29-41(39-19-14-12-15-20-39)30-49(36(3)4)54(48)58(55-50(37(5)6)31-42(32-51(55)38(7)8)40-21-16-13-17-22-40)44-25-26-45-46-23-18-24-47(56(46)60-53(45)34-44)52-33-43(27-28-59-52)57(9,10)11/h12-38H,1-11H3. The fraction of sp³-hybridized carbons (Fsp3) is 0.281. The predicted molar refractivity (Wildman–Crippen MR) is 260 cm³/mol. The first-order valence-electron chi connectivity index (χ1n) is 22.1. The molecule has 0 amide bonds. The number of nitrogens with zero attached hydrogens (tertiary/aromatic N) is 1.